The van der Waals surface area contributed by atoms with E-state index in [-0.39, 0.29) is 17.5 Å². The molecule has 1 aromatic carbocycles. The fourth-order valence-electron chi connectivity index (χ4n) is 3.20. The average Bonchev–Trinajstić information content (AvgIpc) is 3.14. The van der Waals surface area contributed by atoms with E-state index in [0.717, 1.165) is 25.7 Å². The Morgan fingerprint density at radius 1 is 1.19 bits per heavy atom. The van der Waals surface area contributed by atoms with Crippen LogP contribution in [0.4, 0.5) is 11.4 Å². The fraction of sp³-hybridized carbons (Fsp3) is 0.533. The van der Waals surface area contributed by atoms with Gasteiger partial charge in [-0.1, -0.05) is 31.0 Å². The van der Waals surface area contributed by atoms with E-state index in [9.17, 15) is 20.2 Å². The summed E-state index contributed by atoms with van der Waals surface area (Å²) in [4.78, 5) is 21.1. The van der Waals surface area contributed by atoms with Gasteiger partial charge in [-0.3, -0.25) is 20.2 Å². The third-order valence-electron chi connectivity index (χ3n) is 4.46. The van der Waals surface area contributed by atoms with Crippen molar-refractivity contribution < 1.29 is 14.6 Å². The summed E-state index contributed by atoms with van der Waals surface area (Å²) >= 11 is 1.30. The van der Waals surface area contributed by atoms with Gasteiger partial charge in [0.25, 0.3) is 5.75 Å². The standard InChI is InChI=1S/C15H18N6O5S/c1-26-14-12(20(22)23)7-10(8-13(14)21(24)25)9-27-15-16-17-18-19(15)11-5-3-2-4-6-11/h7-8,11H,2-6,9H2,1H3. The van der Waals surface area contributed by atoms with E-state index < -0.39 is 21.2 Å². The highest BCUT2D eigenvalue weighted by atomic mass is 32.2. The first-order valence-corrected chi connectivity index (χ1v) is 9.40. The molecule has 1 aromatic heterocycles. The van der Waals surface area contributed by atoms with Crippen LogP contribution in [-0.4, -0.2) is 37.2 Å². The third-order valence-corrected chi connectivity index (χ3v) is 5.46. The number of nitro groups is 2. The van der Waals surface area contributed by atoms with E-state index in [1.165, 1.54) is 37.4 Å². The van der Waals surface area contributed by atoms with Crippen molar-refractivity contribution in [2.24, 2.45) is 0 Å². The summed E-state index contributed by atoms with van der Waals surface area (Å²) in [5.41, 5.74) is -0.444. The van der Waals surface area contributed by atoms with Crippen LogP contribution in [0.1, 0.15) is 43.7 Å². The van der Waals surface area contributed by atoms with Crippen LogP contribution in [0.5, 0.6) is 5.75 Å². The second kappa shape index (κ2) is 8.29. The minimum atomic E-state index is -0.688. The highest BCUT2D eigenvalue weighted by Crippen LogP contribution is 2.39. The Kier molecular flexibility index (Phi) is 5.84. The minimum absolute atomic E-state index is 0.246. The van der Waals surface area contributed by atoms with Crippen molar-refractivity contribution in [1.82, 2.24) is 20.2 Å². The smallest absolute Gasteiger partial charge is 0.318 e. The molecule has 1 heterocycles. The summed E-state index contributed by atoms with van der Waals surface area (Å²) < 4.78 is 6.66. The second-order valence-electron chi connectivity index (χ2n) is 6.17. The van der Waals surface area contributed by atoms with Crippen molar-refractivity contribution in [1.29, 1.82) is 0 Å². The Labute approximate surface area is 158 Å². The molecule has 0 radical (unpaired) electrons. The van der Waals surface area contributed by atoms with E-state index in [0.29, 0.717) is 10.7 Å². The van der Waals surface area contributed by atoms with Crippen LogP contribution in [0.15, 0.2) is 17.3 Å². The maximum absolute atomic E-state index is 11.3. The summed E-state index contributed by atoms with van der Waals surface area (Å²) in [6.45, 7) is 0. The van der Waals surface area contributed by atoms with Gasteiger partial charge in [0.05, 0.1) is 23.0 Å². The molecule has 0 aliphatic heterocycles. The molecule has 11 nitrogen and oxygen atoms in total. The fourth-order valence-corrected chi connectivity index (χ4v) is 4.08. The lowest BCUT2D eigenvalue weighted by Gasteiger charge is -2.21. The van der Waals surface area contributed by atoms with Gasteiger partial charge in [-0.2, -0.15) is 0 Å². The number of ether oxygens (including phenoxy) is 1. The molecule has 0 amide bonds. The normalized spacial score (nSPS) is 14.9. The molecule has 1 saturated carbocycles. The highest BCUT2D eigenvalue weighted by Gasteiger charge is 2.28. The predicted molar refractivity (Wildman–Crippen MR) is 95.8 cm³/mol. The average molecular weight is 394 g/mol. The first kappa shape index (κ1) is 19.0. The molecule has 0 unspecified atom stereocenters. The summed E-state index contributed by atoms with van der Waals surface area (Å²) in [6.07, 6.45) is 5.49. The van der Waals surface area contributed by atoms with Gasteiger partial charge in [-0.25, -0.2) is 4.68 Å². The molecule has 0 saturated heterocycles. The van der Waals surface area contributed by atoms with Crippen LogP contribution >= 0.6 is 11.8 Å². The van der Waals surface area contributed by atoms with Crippen LogP contribution in [0.3, 0.4) is 0 Å². The topological polar surface area (TPSA) is 139 Å². The molecule has 0 N–H and O–H groups in total. The van der Waals surface area contributed by atoms with Crippen LogP contribution in [0, 0.1) is 20.2 Å². The summed E-state index contributed by atoms with van der Waals surface area (Å²) in [5, 5.41) is 35.0. The quantitative estimate of drug-likeness (QED) is 0.393. The lowest BCUT2D eigenvalue weighted by Crippen LogP contribution is -2.15. The van der Waals surface area contributed by atoms with Crippen LogP contribution < -0.4 is 4.74 Å². The molecule has 144 valence electrons. The number of nitro benzene ring substituents is 2. The van der Waals surface area contributed by atoms with E-state index >= 15 is 0 Å². The van der Waals surface area contributed by atoms with Gasteiger partial charge >= 0.3 is 11.4 Å². The maximum atomic E-state index is 11.3. The SMILES string of the molecule is COc1c([N+](=O)[O-])cc(CSc2nnnn2C2CCCCC2)cc1[N+](=O)[O-]. The highest BCUT2D eigenvalue weighted by molar-refractivity contribution is 7.98. The van der Waals surface area contributed by atoms with Crippen LogP contribution in [-0.2, 0) is 5.75 Å². The number of aromatic nitrogens is 4. The van der Waals surface area contributed by atoms with Crippen LogP contribution in [0.2, 0.25) is 0 Å². The number of thioether (sulfide) groups is 1. The van der Waals surface area contributed by atoms with Crippen LogP contribution in [0.25, 0.3) is 0 Å². The molecule has 12 heteroatoms. The van der Waals surface area contributed by atoms with Gasteiger partial charge in [0.15, 0.2) is 0 Å². The molecule has 1 fully saturated rings. The van der Waals surface area contributed by atoms with Crippen molar-refractivity contribution in [3.8, 4) is 5.75 Å². The van der Waals surface area contributed by atoms with Gasteiger partial charge < -0.3 is 4.74 Å². The number of nitrogens with zero attached hydrogens (tertiary/aromatic N) is 6. The molecule has 27 heavy (non-hydrogen) atoms. The lowest BCUT2D eigenvalue weighted by atomic mass is 9.96. The van der Waals surface area contributed by atoms with Gasteiger partial charge in [0.1, 0.15) is 0 Å². The Morgan fingerprint density at radius 3 is 2.37 bits per heavy atom. The number of benzene rings is 1. The Bertz CT molecular complexity index is 816. The second-order valence-corrected chi connectivity index (χ2v) is 7.11. The molecule has 1 aliphatic rings. The summed E-state index contributed by atoms with van der Waals surface area (Å²) in [6, 6.07) is 2.82. The number of hydrogen-bond donors (Lipinski definition) is 0. The van der Waals surface area contributed by atoms with E-state index in [2.05, 4.69) is 15.5 Å². The summed E-state index contributed by atoms with van der Waals surface area (Å²) in [5.74, 6) is -0.0931. The van der Waals surface area contributed by atoms with E-state index in [1.54, 1.807) is 4.68 Å². The number of tetrazole rings is 1. The zero-order chi connectivity index (χ0) is 19.4. The first-order chi connectivity index (χ1) is 13.0. The van der Waals surface area contributed by atoms with Crippen molar-refractivity contribution in [2.45, 2.75) is 49.1 Å². The number of hydrogen-bond acceptors (Lipinski definition) is 9. The molecule has 1 aliphatic carbocycles. The molecule has 0 atom stereocenters. The predicted octanol–water partition coefficient (Wildman–Crippen LogP) is 3.30. The molecular weight excluding hydrogens is 376 g/mol. The number of rotatable bonds is 7. The zero-order valence-corrected chi connectivity index (χ0v) is 15.4. The van der Waals surface area contributed by atoms with Crippen molar-refractivity contribution in [3.05, 3.63) is 37.9 Å². The minimum Gasteiger partial charge on any atom is -0.485 e. The molecular formula is C15H18N6O5S. The van der Waals surface area contributed by atoms with Crippen molar-refractivity contribution in [2.75, 3.05) is 7.11 Å². The van der Waals surface area contributed by atoms with Gasteiger partial charge in [0.2, 0.25) is 5.16 Å². The van der Waals surface area contributed by atoms with Gasteiger partial charge in [-0.15, -0.1) is 5.10 Å². The molecule has 2 aromatic rings. The largest absolute Gasteiger partial charge is 0.485 e. The summed E-state index contributed by atoms with van der Waals surface area (Å²) in [7, 11) is 1.17. The Balaban J connectivity index is 1.83. The monoisotopic (exact) mass is 394 g/mol. The van der Waals surface area contributed by atoms with E-state index in [1.807, 2.05) is 0 Å². The molecule has 3 rings (SSSR count). The maximum Gasteiger partial charge on any atom is 0.318 e. The zero-order valence-electron chi connectivity index (χ0n) is 14.6. The molecule has 0 spiro atoms. The van der Waals surface area contributed by atoms with Crippen molar-refractivity contribution >= 4 is 23.1 Å². The third kappa shape index (κ3) is 4.15. The molecule has 0 bridgehead atoms. The van der Waals surface area contributed by atoms with Gasteiger partial charge in [0, 0.05) is 17.9 Å². The Morgan fingerprint density at radius 2 is 1.81 bits per heavy atom. The van der Waals surface area contributed by atoms with Crippen molar-refractivity contribution in [3.63, 3.8) is 0 Å². The Hall–Kier alpha value is -2.76. The lowest BCUT2D eigenvalue weighted by molar-refractivity contribution is -0.395. The first-order valence-electron chi connectivity index (χ1n) is 8.41. The van der Waals surface area contributed by atoms with E-state index in [4.69, 9.17) is 4.74 Å². The number of methoxy groups -OCH3 is 1. The van der Waals surface area contributed by atoms with Gasteiger partial charge in [-0.05, 0) is 28.8 Å².